The Hall–Kier alpha value is -2.89. The second-order valence-electron chi connectivity index (χ2n) is 7.23. The lowest BCUT2D eigenvalue weighted by molar-refractivity contribution is 0.0760. The van der Waals surface area contributed by atoms with Crippen molar-refractivity contribution in [1.82, 2.24) is 14.5 Å². The van der Waals surface area contributed by atoms with Crippen molar-refractivity contribution in [2.75, 3.05) is 13.2 Å². The quantitative estimate of drug-likeness (QED) is 0.361. The smallest absolute Gasteiger partial charge is 0.358 e. The molecule has 172 valence electrons. The molecule has 1 aromatic carbocycles. The lowest BCUT2D eigenvalue weighted by atomic mass is 10.1. The summed E-state index contributed by atoms with van der Waals surface area (Å²) in [6.07, 6.45) is 3.23. The first-order chi connectivity index (χ1) is 15.2. The van der Waals surface area contributed by atoms with Crippen molar-refractivity contribution in [3.05, 3.63) is 71.4 Å². The van der Waals surface area contributed by atoms with Crippen LogP contribution in [-0.4, -0.2) is 41.3 Å². The molecule has 0 aliphatic rings. The Balaban J connectivity index is 2.07. The summed E-state index contributed by atoms with van der Waals surface area (Å²) in [6, 6.07) is 5.72. The molecule has 0 bridgehead atoms. The Morgan fingerprint density at radius 2 is 1.78 bits per heavy atom. The van der Waals surface area contributed by atoms with Gasteiger partial charge >= 0.3 is 10.1 Å². The Kier molecular flexibility index (Phi) is 7.54. The predicted molar refractivity (Wildman–Crippen MR) is 111 cm³/mol. The minimum Gasteiger partial charge on any atom is -0.394 e. The Morgan fingerprint density at radius 3 is 2.38 bits per heavy atom. The van der Waals surface area contributed by atoms with Crippen LogP contribution < -0.4 is 4.18 Å². The summed E-state index contributed by atoms with van der Waals surface area (Å²) >= 11 is 0. The second-order valence-corrected chi connectivity index (χ2v) is 8.70. The second kappa shape index (κ2) is 10.2. The summed E-state index contributed by atoms with van der Waals surface area (Å²) in [5, 5.41) is 8.63. The Labute approximate surface area is 184 Å². The molecule has 3 aromatic rings. The maximum atomic E-state index is 13.5. The first kappa shape index (κ1) is 23.8. The Bertz CT molecular complexity index is 1150. The normalized spacial score (nSPS) is 11.8. The average Bonchev–Trinajstić information content (AvgIpc) is 3.07. The van der Waals surface area contributed by atoms with Crippen LogP contribution in [0.5, 0.6) is 5.75 Å². The van der Waals surface area contributed by atoms with Gasteiger partial charge in [0, 0.05) is 37.1 Å². The number of nitrogens with zero attached hydrogens (tertiary/aromatic N) is 3. The third-order valence-corrected chi connectivity index (χ3v) is 5.62. The van der Waals surface area contributed by atoms with Gasteiger partial charge in [-0.2, -0.15) is 8.42 Å². The van der Waals surface area contributed by atoms with Gasteiger partial charge in [0.05, 0.1) is 18.9 Å². The van der Waals surface area contributed by atoms with E-state index in [1.807, 2.05) is 0 Å². The summed E-state index contributed by atoms with van der Waals surface area (Å²) in [4.78, 5) is 8.23. The lowest BCUT2D eigenvalue weighted by Gasteiger charge is -2.15. The van der Waals surface area contributed by atoms with Crippen molar-refractivity contribution in [1.29, 1.82) is 0 Å². The SMILES string of the molecule is CC(C)c1c(S(=O)(=O)Oc2cc(F)cc(F)c2)nc(COCCO)n1Cc1ccncc1. The van der Waals surface area contributed by atoms with Gasteiger partial charge in [0.1, 0.15) is 29.8 Å². The van der Waals surface area contributed by atoms with Crippen LogP contribution in [0.4, 0.5) is 8.78 Å². The molecule has 32 heavy (non-hydrogen) atoms. The van der Waals surface area contributed by atoms with Gasteiger partial charge in [0.2, 0.25) is 5.03 Å². The van der Waals surface area contributed by atoms with E-state index in [-0.39, 0.29) is 37.3 Å². The van der Waals surface area contributed by atoms with Crippen molar-refractivity contribution >= 4 is 10.1 Å². The number of hydrogen-bond donors (Lipinski definition) is 1. The minimum atomic E-state index is -4.53. The van der Waals surface area contributed by atoms with Gasteiger partial charge in [0.15, 0.2) is 0 Å². The molecule has 0 unspecified atom stereocenters. The molecule has 0 saturated heterocycles. The fourth-order valence-corrected chi connectivity index (χ4v) is 4.41. The van der Waals surface area contributed by atoms with Gasteiger partial charge in [-0.1, -0.05) is 13.8 Å². The van der Waals surface area contributed by atoms with E-state index in [1.54, 1.807) is 42.9 Å². The van der Waals surface area contributed by atoms with E-state index >= 15 is 0 Å². The molecule has 0 amide bonds. The average molecular weight is 467 g/mol. The van der Waals surface area contributed by atoms with Gasteiger partial charge < -0.3 is 18.6 Å². The molecular weight excluding hydrogens is 444 g/mol. The van der Waals surface area contributed by atoms with Crippen LogP contribution in [0.15, 0.2) is 47.8 Å². The number of aliphatic hydroxyl groups is 1. The molecule has 0 spiro atoms. The maximum absolute atomic E-state index is 13.5. The highest BCUT2D eigenvalue weighted by Gasteiger charge is 2.31. The molecule has 0 aliphatic heterocycles. The number of rotatable bonds is 10. The molecule has 0 radical (unpaired) electrons. The third kappa shape index (κ3) is 5.67. The summed E-state index contributed by atoms with van der Waals surface area (Å²) in [7, 11) is -4.53. The lowest BCUT2D eigenvalue weighted by Crippen LogP contribution is -2.15. The maximum Gasteiger partial charge on any atom is 0.358 e. The highest BCUT2D eigenvalue weighted by Crippen LogP contribution is 2.29. The molecule has 2 heterocycles. The van der Waals surface area contributed by atoms with Gasteiger partial charge in [0.25, 0.3) is 0 Å². The van der Waals surface area contributed by atoms with Gasteiger partial charge in [-0.3, -0.25) is 4.98 Å². The molecule has 2 aromatic heterocycles. The van der Waals surface area contributed by atoms with Crippen LogP contribution in [0.2, 0.25) is 0 Å². The summed E-state index contributed by atoms with van der Waals surface area (Å²) < 4.78 is 65.2. The van der Waals surface area contributed by atoms with Crippen molar-refractivity contribution < 1.29 is 31.2 Å². The number of ether oxygens (including phenoxy) is 1. The van der Waals surface area contributed by atoms with Crippen LogP contribution in [0, 0.1) is 11.6 Å². The number of pyridine rings is 1. The van der Waals surface area contributed by atoms with Crippen molar-refractivity contribution in [2.24, 2.45) is 0 Å². The molecule has 1 N–H and O–H groups in total. The topological polar surface area (TPSA) is 104 Å². The molecule has 11 heteroatoms. The van der Waals surface area contributed by atoms with E-state index in [2.05, 4.69) is 9.97 Å². The van der Waals surface area contributed by atoms with Crippen LogP contribution in [-0.2, 0) is 28.0 Å². The fraction of sp³-hybridized carbons (Fsp3) is 0.333. The molecule has 0 saturated carbocycles. The monoisotopic (exact) mass is 467 g/mol. The van der Waals surface area contributed by atoms with Crippen LogP contribution in [0.25, 0.3) is 0 Å². The number of aliphatic hydroxyl groups excluding tert-OH is 1. The summed E-state index contributed by atoms with van der Waals surface area (Å²) in [5.74, 6) is -2.44. The van der Waals surface area contributed by atoms with E-state index in [9.17, 15) is 17.2 Å². The fourth-order valence-electron chi connectivity index (χ4n) is 3.16. The molecule has 0 aliphatic carbocycles. The van der Waals surface area contributed by atoms with E-state index < -0.39 is 27.5 Å². The third-order valence-electron chi connectivity index (χ3n) is 4.43. The number of benzene rings is 1. The van der Waals surface area contributed by atoms with Gasteiger partial charge in [-0.15, -0.1) is 0 Å². The molecule has 0 atom stereocenters. The van der Waals surface area contributed by atoms with Crippen LogP contribution in [0.1, 0.15) is 36.8 Å². The largest absolute Gasteiger partial charge is 0.394 e. The van der Waals surface area contributed by atoms with Crippen LogP contribution >= 0.6 is 0 Å². The van der Waals surface area contributed by atoms with E-state index in [1.165, 1.54) is 0 Å². The van der Waals surface area contributed by atoms with Crippen LogP contribution in [0.3, 0.4) is 0 Å². The van der Waals surface area contributed by atoms with E-state index in [4.69, 9.17) is 14.0 Å². The minimum absolute atomic E-state index is 0.0419. The van der Waals surface area contributed by atoms with Gasteiger partial charge in [-0.25, -0.2) is 13.8 Å². The predicted octanol–water partition coefficient (Wildman–Crippen LogP) is 3.00. The summed E-state index contributed by atoms with van der Waals surface area (Å²) in [6.45, 7) is 3.64. The molecular formula is C21H23F2N3O5S. The Morgan fingerprint density at radius 1 is 1.12 bits per heavy atom. The summed E-state index contributed by atoms with van der Waals surface area (Å²) in [5.41, 5.74) is 1.20. The molecule has 8 nitrogen and oxygen atoms in total. The van der Waals surface area contributed by atoms with Crippen molar-refractivity contribution in [2.45, 2.75) is 37.9 Å². The standard InChI is InChI=1S/C21H23F2N3O5S/c1-14(2)20-21(32(28,29)31-18-10-16(22)9-17(23)11-18)25-19(13-30-8-7-27)26(20)12-15-3-5-24-6-4-15/h3-6,9-11,14,27H,7-8,12-13H2,1-2H3. The molecule has 0 fully saturated rings. The van der Waals surface area contributed by atoms with E-state index in [0.29, 0.717) is 17.6 Å². The molecule has 3 rings (SSSR count). The zero-order valence-electron chi connectivity index (χ0n) is 17.5. The zero-order valence-corrected chi connectivity index (χ0v) is 18.3. The van der Waals surface area contributed by atoms with Crippen molar-refractivity contribution in [3.63, 3.8) is 0 Å². The first-order valence-electron chi connectivity index (χ1n) is 9.78. The first-order valence-corrected chi connectivity index (χ1v) is 11.2. The number of halogens is 2. The van der Waals surface area contributed by atoms with E-state index in [0.717, 1.165) is 17.7 Å². The van der Waals surface area contributed by atoms with Gasteiger partial charge in [-0.05, 0) is 23.6 Å². The van der Waals surface area contributed by atoms with Crippen molar-refractivity contribution in [3.8, 4) is 5.75 Å². The zero-order chi connectivity index (χ0) is 23.3. The number of aromatic nitrogens is 3. The highest BCUT2D eigenvalue weighted by molar-refractivity contribution is 7.87. The number of imidazole rings is 1. The number of hydrogen-bond acceptors (Lipinski definition) is 7. The highest BCUT2D eigenvalue weighted by atomic mass is 32.2.